The van der Waals surface area contributed by atoms with Crippen molar-refractivity contribution in [2.45, 2.75) is 391 Å². The van der Waals surface area contributed by atoms with Crippen LogP contribution in [-0.2, 0) is 14.3 Å². The second-order valence-corrected chi connectivity index (χ2v) is 27.5. The highest BCUT2D eigenvalue weighted by Gasteiger charge is 2.44. The average Bonchev–Trinajstić information content (AvgIpc) is 0.854. The second-order valence-electron chi connectivity index (χ2n) is 27.5. The molecule has 1 heterocycles. The smallest absolute Gasteiger partial charge is 0.220 e. The lowest BCUT2D eigenvalue weighted by Gasteiger charge is -2.40. The van der Waals surface area contributed by atoms with Crippen LogP contribution in [0.15, 0.2) is 146 Å². The summed E-state index contributed by atoms with van der Waals surface area (Å²) in [4.78, 5) is 13.2. The molecular formula is C88H151NO8. The van der Waals surface area contributed by atoms with Gasteiger partial charge in [-0.3, -0.25) is 4.79 Å². The zero-order valence-electron chi connectivity index (χ0n) is 62.5. The van der Waals surface area contributed by atoms with Crippen LogP contribution in [0.5, 0.6) is 0 Å². The number of amides is 1. The lowest BCUT2D eigenvalue weighted by molar-refractivity contribution is -0.302. The molecule has 0 aromatic heterocycles. The van der Waals surface area contributed by atoms with E-state index >= 15 is 0 Å². The third-order valence-corrected chi connectivity index (χ3v) is 18.5. The molecule has 1 saturated heterocycles. The summed E-state index contributed by atoms with van der Waals surface area (Å²) in [6.07, 6.45) is 108. The van der Waals surface area contributed by atoms with Crippen LogP contribution in [0.4, 0.5) is 0 Å². The summed E-state index contributed by atoms with van der Waals surface area (Å²) < 4.78 is 11.4. The van der Waals surface area contributed by atoms with Gasteiger partial charge in [-0.25, -0.2) is 0 Å². The molecule has 0 saturated carbocycles. The topological polar surface area (TPSA) is 149 Å². The summed E-state index contributed by atoms with van der Waals surface area (Å²) in [5, 5.41) is 55.1. The van der Waals surface area contributed by atoms with E-state index in [2.05, 4.69) is 165 Å². The monoisotopic (exact) mass is 1350 g/mol. The molecule has 556 valence electrons. The third kappa shape index (κ3) is 62.8. The Morgan fingerprint density at radius 3 is 0.948 bits per heavy atom. The molecule has 1 rings (SSSR count). The Balaban J connectivity index is 2.13. The molecule has 1 aliphatic heterocycles. The molecule has 7 atom stereocenters. The number of allylic oxidation sites excluding steroid dienone is 24. The number of aliphatic hydroxyl groups excluding tert-OH is 5. The fourth-order valence-electron chi connectivity index (χ4n) is 12.2. The Bertz CT molecular complexity index is 2060. The van der Waals surface area contributed by atoms with Crippen LogP contribution in [0.1, 0.15) is 348 Å². The van der Waals surface area contributed by atoms with Gasteiger partial charge in [-0.2, -0.15) is 0 Å². The minimum atomic E-state index is -1.57. The standard InChI is InChI=1S/C88H151NO8/c1-3-5-7-9-11-13-15-17-19-21-23-25-27-29-31-33-35-37-38-39-40-41-42-43-44-46-48-50-52-54-56-58-60-62-64-66-68-70-72-74-76-78-84(92)89-81(80-96-88-87(95)86(94)85(93)83(79-90)97-88)82(91)77-75-73-71-69-67-65-63-61-59-57-55-53-51-49-47-45-36-34-32-30-28-26-24-22-20-18-16-14-12-10-8-6-4-2/h5,7,11,13,17,19,23,25,29,31,35,37,39-40,42-43,46,48,52,54,58,60,64,66,81-83,85-88,90-91,93-95H,3-4,6,8-10,12,14-16,18,20-22,24,26-28,30,32-34,36,38,41,44-45,47,49-51,53,55-57,59,61-63,65,67-80H2,1-2H3,(H,89,92)/b7-5-,13-11-,19-17-,25-23-,31-29-,37-35-,40-39-,43-42-,48-46-,54-52-,60-58-,66-64-. The highest BCUT2D eigenvalue weighted by Crippen LogP contribution is 2.24. The molecule has 7 unspecified atom stereocenters. The molecule has 1 fully saturated rings. The van der Waals surface area contributed by atoms with Crippen molar-refractivity contribution >= 4 is 5.91 Å². The van der Waals surface area contributed by atoms with Crippen LogP contribution in [0.25, 0.3) is 0 Å². The minimum Gasteiger partial charge on any atom is -0.394 e. The molecule has 0 aliphatic carbocycles. The highest BCUT2D eigenvalue weighted by atomic mass is 16.7. The van der Waals surface area contributed by atoms with E-state index in [0.29, 0.717) is 12.8 Å². The van der Waals surface area contributed by atoms with Crippen LogP contribution >= 0.6 is 0 Å². The minimum absolute atomic E-state index is 0.156. The van der Waals surface area contributed by atoms with Crippen molar-refractivity contribution < 1.29 is 39.8 Å². The van der Waals surface area contributed by atoms with Gasteiger partial charge in [0.05, 0.1) is 25.4 Å². The molecule has 97 heavy (non-hydrogen) atoms. The van der Waals surface area contributed by atoms with Gasteiger partial charge in [-0.15, -0.1) is 0 Å². The second kappa shape index (κ2) is 74.8. The van der Waals surface area contributed by atoms with Crippen molar-refractivity contribution in [3.8, 4) is 0 Å². The Morgan fingerprint density at radius 1 is 0.361 bits per heavy atom. The largest absolute Gasteiger partial charge is 0.394 e. The van der Waals surface area contributed by atoms with Crippen molar-refractivity contribution in [1.29, 1.82) is 0 Å². The normalized spacial score (nSPS) is 18.2. The number of hydrogen-bond donors (Lipinski definition) is 6. The van der Waals surface area contributed by atoms with E-state index in [-0.39, 0.29) is 12.5 Å². The molecule has 0 bridgehead atoms. The first-order valence-electron chi connectivity index (χ1n) is 40.5. The van der Waals surface area contributed by atoms with Crippen molar-refractivity contribution in [3.05, 3.63) is 146 Å². The van der Waals surface area contributed by atoms with E-state index in [0.717, 1.165) is 128 Å². The molecule has 0 radical (unpaired) electrons. The molecule has 1 amide bonds. The fraction of sp³-hybridized carbons (Fsp3) is 0.716. The molecule has 0 aromatic carbocycles. The van der Waals surface area contributed by atoms with E-state index in [1.165, 1.54) is 193 Å². The van der Waals surface area contributed by atoms with Crippen LogP contribution in [0, 0.1) is 0 Å². The number of carbonyl (C=O) groups is 1. The first-order chi connectivity index (χ1) is 47.8. The molecule has 1 aliphatic rings. The van der Waals surface area contributed by atoms with Gasteiger partial charge in [0.15, 0.2) is 6.29 Å². The van der Waals surface area contributed by atoms with Crippen LogP contribution < -0.4 is 5.32 Å². The third-order valence-electron chi connectivity index (χ3n) is 18.5. The number of carbonyl (C=O) groups excluding carboxylic acids is 1. The van der Waals surface area contributed by atoms with Gasteiger partial charge in [0.1, 0.15) is 24.4 Å². The maximum absolute atomic E-state index is 13.2. The number of unbranched alkanes of at least 4 members (excludes halogenated alkanes) is 36. The number of nitrogens with one attached hydrogen (secondary N) is 1. The van der Waals surface area contributed by atoms with Crippen molar-refractivity contribution in [2.24, 2.45) is 0 Å². The van der Waals surface area contributed by atoms with Gasteiger partial charge >= 0.3 is 0 Å². The van der Waals surface area contributed by atoms with E-state index < -0.39 is 49.5 Å². The van der Waals surface area contributed by atoms with Gasteiger partial charge in [-0.1, -0.05) is 384 Å². The van der Waals surface area contributed by atoms with Gasteiger partial charge in [0.25, 0.3) is 0 Å². The van der Waals surface area contributed by atoms with Gasteiger partial charge in [0, 0.05) is 6.42 Å². The Kier molecular flexibility index (Phi) is 70.2. The zero-order valence-corrected chi connectivity index (χ0v) is 62.5. The van der Waals surface area contributed by atoms with E-state index in [4.69, 9.17) is 9.47 Å². The molecule has 0 aromatic rings. The summed E-state index contributed by atoms with van der Waals surface area (Å²) in [6.45, 7) is 3.74. The fourth-order valence-corrected chi connectivity index (χ4v) is 12.2. The average molecular weight is 1350 g/mol. The molecule has 9 heteroatoms. The first kappa shape index (κ1) is 91.1. The quantitative estimate of drug-likeness (QED) is 0.0261. The van der Waals surface area contributed by atoms with Gasteiger partial charge < -0.3 is 40.3 Å². The van der Waals surface area contributed by atoms with Gasteiger partial charge in [0.2, 0.25) is 5.91 Å². The predicted octanol–water partition coefficient (Wildman–Crippen LogP) is 23.6. The summed E-state index contributed by atoms with van der Waals surface area (Å²) in [5.41, 5.74) is 0. The number of hydrogen-bond acceptors (Lipinski definition) is 8. The number of ether oxygens (including phenoxy) is 2. The lowest BCUT2D eigenvalue weighted by Crippen LogP contribution is -2.60. The summed E-state index contributed by atoms with van der Waals surface area (Å²) in [7, 11) is 0. The summed E-state index contributed by atoms with van der Waals surface area (Å²) >= 11 is 0. The maximum Gasteiger partial charge on any atom is 0.220 e. The Labute approximate surface area is 597 Å². The maximum atomic E-state index is 13.2. The number of rotatable bonds is 70. The van der Waals surface area contributed by atoms with Crippen LogP contribution in [0.2, 0.25) is 0 Å². The Hall–Kier alpha value is -3.93. The Morgan fingerprint density at radius 2 is 0.639 bits per heavy atom. The SMILES string of the molecule is CC/C=C\C/C=C\C/C=C\C/C=C\C/C=C\C/C=C\C/C=C\C/C=C\C/C=C\C/C=C\C/C=C\C/C=C\CCCCCCC(=O)NC(COC1OC(CO)C(O)C(O)C1O)C(O)CCCCCCCCCCCCCCCCCCCCCCCCCCCCCCCCCCC. The van der Waals surface area contributed by atoms with E-state index in [1.54, 1.807) is 0 Å². The summed E-state index contributed by atoms with van der Waals surface area (Å²) in [6, 6.07) is -0.746. The van der Waals surface area contributed by atoms with E-state index in [1.807, 2.05) is 0 Å². The highest BCUT2D eigenvalue weighted by molar-refractivity contribution is 5.76. The zero-order chi connectivity index (χ0) is 69.9. The molecule has 6 N–H and O–H groups in total. The molecular weight excluding hydrogens is 1200 g/mol. The lowest BCUT2D eigenvalue weighted by atomic mass is 9.99. The molecule has 0 spiro atoms. The first-order valence-corrected chi connectivity index (χ1v) is 40.5. The van der Waals surface area contributed by atoms with Crippen molar-refractivity contribution in [2.75, 3.05) is 13.2 Å². The van der Waals surface area contributed by atoms with Crippen molar-refractivity contribution in [1.82, 2.24) is 5.32 Å². The summed E-state index contributed by atoms with van der Waals surface area (Å²) in [5.74, 6) is -0.170. The molecule has 9 nitrogen and oxygen atoms in total. The van der Waals surface area contributed by atoms with E-state index in [9.17, 15) is 30.3 Å². The van der Waals surface area contributed by atoms with Crippen LogP contribution in [0.3, 0.4) is 0 Å². The van der Waals surface area contributed by atoms with Crippen LogP contribution in [-0.4, -0.2) is 87.5 Å². The predicted molar refractivity (Wildman–Crippen MR) is 419 cm³/mol. The van der Waals surface area contributed by atoms with Crippen molar-refractivity contribution in [3.63, 3.8) is 0 Å². The number of aliphatic hydroxyl groups is 5. The van der Waals surface area contributed by atoms with Gasteiger partial charge in [-0.05, 0) is 103 Å².